The SMILES string of the molecule is CCOc1cc(C)c(C(=O)C(C)C)cc1C. The van der Waals surface area contributed by atoms with Crippen LogP contribution in [0.5, 0.6) is 5.75 Å². The number of rotatable bonds is 4. The summed E-state index contributed by atoms with van der Waals surface area (Å²) in [6.45, 7) is 10.4. The van der Waals surface area contributed by atoms with E-state index in [1.54, 1.807) is 0 Å². The fourth-order valence-corrected chi connectivity index (χ4v) is 1.68. The Morgan fingerprint density at radius 1 is 1.25 bits per heavy atom. The molecule has 1 rings (SSSR count). The number of benzene rings is 1. The van der Waals surface area contributed by atoms with Crippen molar-refractivity contribution in [3.05, 3.63) is 28.8 Å². The molecule has 2 heteroatoms. The Balaban J connectivity index is 3.15. The maximum atomic E-state index is 11.9. The summed E-state index contributed by atoms with van der Waals surface area (Å²) >= 11 is 0. The van der Waals surface area contributed by atoms with Crippen molar-refractivity contribution in [1.82, 2.24) is 0 Å². The van der Waals surface area contributed by atoms with Gasteiger partial charge in [0, 0.05) is 11.5 Å². The third kappa shape index (κ3) is 2.63. The van der Waals surface area contributed by atoms with Gasteiger partial charge in [0.15, 0.2) is 5.78 Å². The summed E-state index contributed by atoms with van der Waals surface area (Å²) in [5.74, 6) is 1.11. The van der Waals surface area contributed by atoms with E-state index in [-0.39, 0.29) is 11.7 Å². The van der Waals surface area contributed by atoms with Crippen LogP contribution in [0.4, 0.5) is 0 Å². The summed E-state index contributed by atoms with van der Waals surface area (Å²) < 4.78 is 5.50. The van der Waals surface area contributed by atoms with Crippen molar-refractivity contribution in [2.24, 2.45) is 5.92 Å². The maximum absolute atomic E-state index is 11.9. The second-order valence-corrected chi connectivity index (χ2v) is 4.38. The Morgan fingerprint density at radius 2 is 1.88 bits per heavy atom. The standard InChI is InChI=1S/C14H20O2/c1-6-16-13-8-10(4)12(7-11(13)5)14(15)9(2)3/h7-9H,6H2,1-5H3. The molecule has 16 heavy (non-hydrogen) atoms. The summed E-state index contributed by atoms with van der Waals surface area (Å²) in [6.07, 6.45) is 0. The van der Waals surface area contributed by atoms with Gasteiger partial charge in [-0.3, -0.25) is 4.79 Å². The molecule has 1 aromatic carbocycles. The number of carbonyl (C=O) groups is 1. The van der Waals surface area contributed by atoms with E-state index in [1.807, 2.05) is 46.8 Å². The van der Waals surface area contributed by atoms with E-state index in [9.17, 15) is 4.79 Å². The van der Waals surface area contributed by atoms with Gasteiger partial charge in [-0.2, -0.15) is 0 Å². The highest BCUT2D eigenvalue weighted by Crippen LogP contribution is 2.24. The largest absolute Gasteiger partial charge is 0.494 e. The lowest BCUT2D eigenvalue weighted by molar-refractivity contribution is 0.0938. The molecule has 0 atom stereocenters. The van der Waals surface area contributed by atoms with Crippen molar-refractivity contribution in [2.75, 3.05) is 6.61 Å². The first-order chi connectivity index (χ1) is 7.47. The van der Waals surface area contributed by atoms with Gasteiger partial charge in [-0.05, 0) is 44.0 Å². The zero-order chi connectivity index (χ0) is 12.3. The first-order valence-corrected chi connectivity index (χ1v) is 5.75. The lowest BCUT2D eigenvalue weighted by Crippen LogP contribution is -2.10. The van der Waals surface area contributed by atoms with Crippen LogP contribution in [0, 0.1) is 19.8 Å². The van der Waals surface area contributed by atoms with Gasteiger partial charge in [-0.1, -0.05) is 13.8 Å². The monoisotopic (exact) mass is 220 g/mol. The topological polar surface area (TPSA) is 26.3 Å². The summed E-state index contributed by atoms with van der Waals surface area (Å²) in [4.78, 5) is 11.9. The highest BCUT2D eigenvalue weighted by molar-refractivity contribution is 5.99. The zero-order valence-corrected chi connectivity index (χ0v) is 10.8. The third-order valence-electron chi connectivity index (χ3n) is 2.61. The molecule has 1 aromatic rings. The van der Waals surface area contributed by atoms with Gasteiger partial charge in [-0.15, -0.1) is 0 Å². The van der Waals surface area contributed by atoms with Crippen LogP contribution in [0.15, 0.2) is 12.1 Å². The number of ether oxygens (including phenoxy) is 1. The van der Waals surface area contributed by atoms with E-state index in [4.69, 9.17) is 4.74 Å². The lowest BCUT2D eigenvalue weighted by Gasteiger charge is -2.13. The molecular weight excluding hydrogens is 200 g/mol. The van der Waals surface area contributed by atoms with Crippen molar-refractivity contribution in [3.8, 4) is 5.75 Å². The fourth-order valence-electron chi connectivity index (χ4n) is 1.68. The Kier molecular flexibility index (Phi) is 4.11. The summed E-state index contributed by atoms with van der Waals surface area (Å²) in [5.41, 5.74) is 2.83. The Morgan fingerprint density at radius 3 is 2.38 bits per heavy atom. The Labute approximate surface area is 97.6 Å². The molecule has 0 aliphatic heterocycles. The molecule has 0 radical (unpaired) electrons. The van der Waals surface area contributed by atoms with Crippen LogP contribution in [0.3, 0.4) is 0 Å². The number of hydrogen-bond donors (Lipinski definition) is 0. The van der Waals surface area contributed by atoms with Crippen LogP contribution < -0.4 is 4.74 Å². The normalized spacial score (nSPS) is 10.6. The number of aryl methyl sites for hydroxylation is 2. The first-order valence-electron chi connectivity index (χ1n) is 5.75. The average molecular weight is 220 g/mol. The fraction of sp³-hybridized carbons (Fsp3) is 0.500. The lowest BCUT2D eigenvalue weighted by atomic mass is 9.95. The van der Waals surface area contributed by atoms with Crippen LogP contribution in [-0.2, 0) is 0 Å². The van der Waals surface area contributed by atoms with Crippen molar-refractivity contribution < 1.29 is 9.53 Å². The minimum Gasteiger partial charge on any atom is -0.494 e. The molecule has 2 nitrogen and oxygen atoms in total. The Bertz CT molecular complexity index is 392. The van der Waals surface area contributed by atoms with E-state index in [0.717, 1.165) is 22.4 Å². The van der Waals surface area contributed by atoms with E-state index < -0.39 is 0 Å². The second-order valence-electron chi connectivity index (χ2n) is 4.38. The maximum Gasteiger partial charge on any atom is 0.165 e. The zero-order valence-electron chi connectivity index (χ0n) is 10.8. The molecule has 0 saturated heterocycles. The smallest absolute Gasteiger partial charge is 0.165 e. The number of ketones is 1. The number of carbonyl (C=O) groups excluding carboxylic acids is 1. The van der Waals surface area contributed by atoms with Gasteiger partial charge in [0.05, 0.1) is 6.61 Å². The highest BCUT2D eigenvalue weighted by atomic mass is 16.5. The minimum atomic E-state index is 0.0380. The van der Waals surface area contributed by atoms with Crippen molar-refractivity contribution in [3.63, 3.8) is 0 Å². The number of hydrogen-bond acceptors (Lipinski definition) is 2. The molecule has 88 valence electrons. The molecule has 0 unspecified atom stereocenters. The van der Waals surface area contributed by atoms with Gasteiger partial charge >= 0.3 is 0 Å². The van der Waals surface area contributed by atoms with E-state index in [1.165, 1.54) is 0 Å². The molecule has 0 spiro atoms. The summed E-state index contributed by atoms with van der Waals surface area (Å²) in [7, 11) is 0. The molecule has 0 aliphatic rings. The van der Waals surface area contributed by atoms with E-state index in [0.29, 0.717) is 6.61 Å². The average Bonchev–Trinajstić information content (AvgIpc) is 2.22. The molecule has 0 aliphatic carbocycles. The third-order valence-corrected chi connectivity index (χ3v) is 2.61. The first kappa shape index (κ1) is 12.8. The van der Waals surface area contributed by atoms with E-state index in [2.05, 4.69) is 0 Å². The summed E-state index contributed by atoms with van der Waals surface area (Å²) in [5, 5.41) is 0. The Hall–Kier alpha value is -1.31. The van der Waals surface area contributed by atoms with Crippen LogP contribution in [0.1, 0.15) is 42.3 Å². The molecule has 0 fully saturated rings. The molecular formula is C14H20O2. The van der Waals surface area contributed by atoms with Crippen LogP contribution in [0.25, 0.3) is 0 Å². The van der Waals surface area contributed by atoms with Crippen molar-refractivity contribution >= 4 is 5.78 Å². The predicted octanol–water partition coefficient (Wildman–Crippen LogP) is 3.54. The highest BCUT2D eigenvalue weighted by Gasteiger charge is 2.15. The predicted molar refractivity (Wildman–Crippen MR) is 66.3 cm³/mol. The molecule has 0 bridgehead atoms. The number of Topliss-reactive ketones (excluding diaryl/α,β-unsaturated/α-hetero) is 1. The molecule has 0 saturated carbocycles. The molecule has 0 amide bonds. The molecule has 0 heterocycles. The van der Waals surface area contributed by atoms with Crippen LogP contribution in [-0.4, -0.2) is 12.4 Å². The van der Waals surface area contributed by atoms with Gasteiger partial charge in [0.1, 0.15) is 5.75 Å². The van der Waals surface area contributed by atoms with Crippen LogP contribution >= 0.6 is 0 Å². The quantitative estimate of drug-likeness (QED) is 0.725. The minimum absolute atomic E-state index is 0.0380. The molecule has 0 aromatic heterocycles. The van der Waals surface area contributed by atoms with E-state index >= 15 is 0 Å². The second kappa shape index (κ2) is 5.15. The van der Waals surface area contributed by atoms with Gasteiger partial charge in [0.25, 0.3) is 0 Å². The van der Waals surface area contributed by atoms with Gasteiger partial charge < -0.3 is 4.74 Å². The van der Waals surface area contributed by atoms with Gasteiger partial charge in [-0.25, -0.2) is 0 Å². The van der Waals surface area contributed by atoms with Crippen molar-refractivity contribution in [2.45, 2.75) is 34.6 Å². The molecule has 0 N–H and O–H groups in total. The van der Waals surface area contributed by atoms with Crippen LogP contribution in [0.2, 0.25) is 0 Å². The van der Waals surface area contributed by atoms with Crippen molar-refractivity contribution in [1.29, 1.82) is 0 Å². The van der Waals surface area contributed by atoms with Gasteiger partial charge in [0.2, 0.25) is 0 Å². The summed E-state index contributed by atoms with van der Waals surface area (Å²) in [6, 6.07) is 3.89.